The summed E-state index contributed by atoms with van der Waals surface area (Å²) < 4.78 is 43.3. The molecule has 1 amide bonds. The molecule has 0 fully saturated rings. The van der Waals surface area contributed by atoms with E-state index < -0.39 is 28.9 Å². The van der Waals surface area contributed by atoms with Crippen LogP contribution in [0.15, 0.2) is 47.5 Å². The number of hydrogen-bond donors (Lipinski definition) is 1. The molecule has 0 saturated heterocycles. The number of fused-ring (bicyclic) bond motifs is 1. The molecule has 26 heavy (non-hydrogen) atoms. The van der Waals surface area contributed by atoms with Gasteiger partial charge >= 0.3 is 12.1 Å². The minimum absolute atomic E-state index is 0.00971. The van der Waals surface area contributed by atoms with Gasteiger partial charge in [0.15, 0.2) is 0 Å². The molecule has 136 valence electrons. The van der Waals surface area contributed by atoms with Gasteiger partial charge in [-0.2, -0.15) is 13.2 Å². The normalized spacial score (nSPS) is 16.6. The summed E-state index contributed by atoms with van der Waals surface area (Å²) in [7, 11) is 0. The van der Waals surface area contributed by atoms with Crippen molar-refractivity contribution in [1.29, 1.82) is 0 Å². The lowest BCUT2D eigenvalue weighted by atomic mass is 10.1. The second-order valence-electron chi connectivity index (χ2n) is 5.49. The molecule has 0 spiro atoms. The lowest BCUT2D eigenvalue weighted by Crippen LogP contribution is -2.31. The third-order valence-corrected chi connectivity index (χ3v) is 4.86. The molecule has 0 aliphatic carbocycles. The van der Waals surface area contributed by atoms with E-state index >= 15 is 0 Å². The van der Waals surface area contributed by atoms with Crippen LogP contribution < -0.4 is 5.32 Å². The molecular formula is C17H13F3N2O3S. The highest BCUT2D eigenvalue weighted by atomic mass is 32.2. The number of nitrogens with one attached hydrogen (secondary N) is 1. The van der Waals surface area contributed by atoms with Crippen LogP contribution in [0.2, 0.25) is 0 Å². The summed E-state index contributed by atoms with van der Waals surface area (Å²) in [5.74, 6) is -1.12. The van der Waals surface area contributed by atoms with Crippen molar-refractivity contribution in [3.63, 3.8) is 0 Å². The predicted octanol–water partition coefficient (Wildman–Crippen LogP) is 3.65. The van der Waals surface area contributed by atoms with Crippen LogP contribution >= 0.6 is 11.8 Å². The topological polar surface area (TPSA) is 68.3 Å². The summed E-state index contributed by atoms with van der Waals surface area (Å²) >= 11 is 1.04. The van der Waals surface area contributed by atoms with E-state index in [9.17, 15) is 22.8 Å². The molecule has 3 rings (SSSR count). The highest BCUT2D eigenvalue weighted by molar-refractivity contribution is 8.01. The summed E-state index contributed by atoms with van der Waals surface area (Å²) in [6.07, 6.45) is -3.11. The van der Waals surface area contributed by atoms with Crippen molar-refractivity contribution in [2.24, 2.45) is 0 Å². The maximum Gasteiger partial charge on any atom is 0.416 e. The molecule has 2 heterocycles. The van der Waals surface area contributed by atoms with Crippen molar-refractivity contribution in [3.8, 4) is 0 Å². The fourth-order valence-electron chi connectivity index (χ4n) is 2.31. The molecule has 1 aliphatic heterocycles. The van der Waals surface area contributed by atoms with Crippen LogP contribution in [-0.4, -0.2) is 22.1 Å². The molecule has 0 radical (unpaired) electrons. The van der Waals surface area contributed by atoms with Crippen LogP contribution in [0, 0.1) is 0 Å². The Labute approximate surface area is 150 Å². The van der Waals surface area contributed by atoms with E-state index in [-0.39, 0.29) is 18.7 Å². The van der Waals surface area contributed by atoms with Gasteiger partial charge in [-0.05, 0) is 30.3 Å². The van der Waals surface area contributed by atoms with Crippen LogP contribution in [0.4, 0.5) is 18.9 Å². The second-order valence-corrected chi connectivity index (χ2v) is 6.73. The first-order valence-corrected chi connectivity index (χ1v) is 8.45. The Balaban J connectivity index is 1.62. The van der Waals surface area contributed by atoms with Crippen molar-refractivity contribution in [1.82, 2.24) is 4.98 Å². The lowest BCUT2D eigenvalue weighted by Gasteiger charge is -2.24. The molecular weight excluding hydrogens is 369 g/mol. The van der Waals surface area contributed by atoms with E-state index in [0.717, 1.165) is 23.9 Å². The molecule has 1 aromatic carbocycles. The van der Waals surface area contributed by atoms with E-state index in [2.05, 4.69) is 10.3 Å². The van der Waals surface area contributed by atoms with E-state index in [1.165, 1.54) is 6.07 Å². The summed E-state index contributed by atoms with van der Waals surface area (Å²) in [5, 5.41) is 1.65. The highest BCUT2D eigenvalue weighted by Gasteiger charge is 2.34. The Hall–Kier alpha value is -2.55. The van der Waals surface area contributed by atoms with Gasteiger partial charge in [0.25, 0.3) is 0 Å². The van der Waals surface area contributed by atoms with Crippen molar-refractivity contribution >= 4 is 29.3 Å². The molecule has 5 nitrogen and oxygen atoms in total. The number of thioether (sulfide) groups is 1. The second kappa shape index (κ2) is 7.36. The molecule has 9 heteroatoms. The van der Waals surface area contributed by atoms with Crippen LogP contribution in [-0.2, 0) is 27.1 Å². The minimum atomic E-state index is -4.49. The highest BCUT2D eigenvalue weighted by Crippen LogP contribution is 2.40. The Bertz CT molecular complexity index is 828. The van der Waals surface area contributed by atoms with Crippen molar-refractivity contribution in [2.75, 3.05) is 5.32 Å². The average Bonchev–Trinajstić information content (AvgIpc) is 2.60. The van der Waals surface area contributed by atoms with E-state index in [4.69, 9.17) is 4.74 Å². The lowest BCUT2D eigenvalue weighted by molar-refractivity contribution is -0.145. The van der Waals surface area contributed by atoms with Gasteiger partial charge in [0, 0.05) is 11.1 Å². The van der Waals surface area contributed by atoms with Crippen LogP contribution in [0.3, 0.4) is 0 Å². The third kappa shape index (κ3) is 4.34. The number of esters is 1. The number of alkyl halides is 3. The summed E-state index contributed by atoms with van der Waals surface area (Å²) in [6.45, 7) is -0.00971. The first-order chi connectivity index (χ1) is 12.3. The smallest absolute Gasteiger partial charge is 0.416 e. The van der Waals surface area contributed by atoms with Crippen LogP contribution in [0.5, 0.6) is 0 Å². The van der Waals surface area contributed by atoms with E-state index in [0.29, 0.717) is 10.6 Å². The maximum absolute atomic E-state index is 12.7. The number of ether oxygens (including phenoxy) is 1. The minimum Gasteiger partial charge on any atom is -0.459 e. The summed E-state index contributed by atoms with van der Waals surface area (Å²) in [5.41, 5.74) is -0.176. The SMILES string of the molecule is O=C(C[C@@H]1Sc2ccc(C(F)(F)F)cc2NC1=O)OCc1ccccn1. The Morgan fingerprint density at radius 3 is 2.77 bits per heavy atom. The van der Waals surface area contributed by atoms with Gasteiger partial charge in [-0.1, -0.05) is 6.07 Å². The number of amides is 1. The zero-order valence-corrected chi connectivity index (χ0v) is 14.1. The van der Waals surface area contributed by atoms with Gasteiger partial charge in [0.05, 0.1) is 28.6 Å². The van der Waals surface area contributed by atoms with Gasteiger partial charge in [-0.25, -0.2) is 0 Å². The third-order valence-electron chi connectivity index (χ3n) is 3.59. The quantitative estimate of drug-likeness (QED) is 0.818. The number of aromatic nitrogens is 1. The van der Waals surface area contributed by atoms with Crippen molar-refractivity contribution in [2.45, 2.75) is 29.3 Å². The fraction of sp³-hybridized carbons (Fsp3) is 0.235. The Kier molecular flexibility index (Phi) is 5.17. The number of rotatable bonds is 4. The van der Waals surface area contributed by atoms with Gasteiger partial charge in [-0.3, -0.25) is 14.6 Å². The monoisotopic (exact) mass is 382 g/mol. The molecule has 1 aromatic heterocycles. The summed E-state index contributed by atoms with van der Waals surface area (Å²) in [6, 6.07) is 8.30. The van der Waals surface area contributed by atoms with Gasteiger partial charge in [-0.15, -0.1) is 11.8 Å². The number of carbonyl (C=O) groups excluding carboxylic acids is 2. The van der Waals surface area contributed by atoms with Crippen LogP contribution in [0.25, 0.3) is 0 Å². The van der Waals surface area contributed by atoms with Gasteiger partial charge < -0.3 is 10.1 Å². The molecule has 1 N–H and O–H groups in total. The number of benzene rings is 1. The zero-order chi connectivity index (χ0) is 18.7. The standard InChI is InChI=1S/C17H13F3N2O3S/c18-17(19,20)10-4-5-13-12(7-10)22-16(24)14(26-13)8-15(23)25-9-11-3-1-2-6-21-11/h1-7,14H,8-9H2,(H,22,24)/t14-/m0/s1. The Morgan fingerprint density at radius 1 is 1.27 bits per heavy atom. The number of halogens is 3. The largest absolute Gasteiger partial charge is 0.459 e. The molecule has 0 saturated carbocycles. The fourth-order valence-corrected chi connectivity index (χ4v) is 3.38. The average molecular weight is 382 g/mol. The molecule has 1 aliphatic rings. The zero-order valence-electron chi connectivity index (χ0n) is 13.2. The number of pyridine rings is 1. The van der Waals surface area contributed by atoms with E-state index in [1.54, 1.807) is 24.4 Å². The molecule has 1 atom stereocenters. The maximum atomic E-state index is 12.7. The number of hydrogen-bond acceptors (Lipinski definition) is 5. The summed E-state index contributed by atoms with van der Waals surface area (Å²) in [4.78, 5) is 28.5. The first kappa shape index (κ1) is 18.2. The van der Waals surface area contributed by atoms with Crippen LogP contribution in [0.1, 0.15) is 17.7 Å². The van der Waals surface area contributed by atoms with Crippen molar-refractivity contribution in [3.05, 3.63) is 53.9 Å². The molecule has 2 aromatic rings. The van der Waals surface area contributed by atoms with E-state index in [1.807, 2.05) is 0 Å². The number of anilines is 1. The van der Waals surface area contributed by atoms with Crippen molar-refractivity contribution < 1.29 is 27.5 Å². The number of nitrogens with zero attached hydrogens (tertiary/aromatic N) is 1. The molecule has 0 bridgehead atoms. The number of carbonyl (C=O) groups is 2. The Morgan fingerprint density at radius 2 is 2.08 bits per heavy atom. The van der Waals surface area contributed by atoms with Gasteiger partial charge in [0.2, 0.25) is 5.91 Å². The first-order valence-electron chi connectivity index (χ1n) is 7.57. The predicted molar refractivity (Wildman–Crippen MR) is 88.4 cm³/mol. The molecule has 0 unspecified atom stereocenters. The van der Waals surface area contributed by atoms with Gasteiger partial charge in [0.1, 0.15) is 6.61 Å².